The second kappa shape index (κ2) is 11.6. The number of methoxy groups -OCH3 is 1. The lowest BCUT2D eigenvalue weighted by atomic mass is 9.93. The lowest BCUT2D eigenvalue weighted by molar-refractivity contribution is -0.120. The van der Waals surface area contributed by atoms with Crippen LogP contribution in [0.15, 0.2) is 59.5 Å². The number of rotatable bonds is 9. The highest BCUT2D eigenvalue weighted by Crippen LogP contribution is 2.33. The van der Waals surface area contributed by atoms with E-state index in [1.807, 2.05) is 32.9 Å². The smallest absolute Gasteiger partial charge is 0.264 e. The zero-order chi connectivity index (χ0) is 27.5. The number of anilines is 1. The number of halogens is 1. The number of sulfonamides is 1. The highest BCUT2D eigenvalue weighted by molar-refractivity contribution is 7.92. The molecule has 6 nitrogen and oxygen atoms in total. The Bertz CT molecular complexity index is 1390. The first kappa shape index (κ1) is 28.5. The molecule has 1 amide bonds. The quantitative estimate of drug-likeness (QED) is 0.336. The zero-order valence-electron chi connectivity index (χ0n) is 22.4. The maximum Gasteiger partial charge on any atom is 0.264 e. The number of hydrogen-bond donors (Lipinski definition) is 1. The van der Waals surface area contributed by atoms with Gasteiger partial charge in [0, 0.05) is 5.02 Å². The summed E-state index contributed by atoms with van der Waals surface area (Å²) in [4.78, 5) is 13.4. The molecule has 0 saturated carbocycles. The fourth-order valence-corrected chi connectivity index (χ4v) is 5.96. The van der Waals surface area contributed by atoms with E-state index < -0.39 is 22.5 Å². The van der Waals surface area contributed by atoms with Crippen LogP contribution in [0, 0.1) is 20.8 Å². The van der Waals surface area contributed by atoms with Crippen LogP contribution >= 0.6 is 11.6 Å². The minimum Gasteiger partial charge on any atom is -0.496 e. The Morgan fingerprint density at radius 2 is 1.65 bits per heavy atom. The predicted molar refractivity (Wildman–Crippen MR) is 150 cm³/mol. The number of aryl methyl sites for hydroxylation is 2. The van der Waals surface area contributed by atoms with Gasteiger partial charge in [-0.3, -0.25) is 9.10 Å². The van der Waals surface area contributed by atoms with Crippen LogP contribution in [0.3, 0.4) is 0 Å². The molecule has 1 N–H and O–H groups in total. The van der Waals surface area contributed by atoms with Gasteiger partial charge in [-0.05, 0) is 92.3 Å². The summed E-state index contributed by atoms with van der Waals surface area (Å²) in [5, 5.41) is 3.41. The number of nitrogens with one attached hydrogen (secondary N) is 1. The molecule has 0 aromatic heterocycles. The number of ether oxygens (including phenoxy) is 1. The topological polar surface area (TPSA) is 75.7 Å². The van der Waals surface area contributed by atoms with Crippen LogP contribution < -0.4 is 14.4 Å². The summed E-state index contributed by atoms with van der Waals surface area (Å²) in [6.07, 6.45) is 0. The van der Waals surface area contributed by atoms with Crippen LogP contribution in [0.5, 0.6) is 5.75 Å². The monoisotopic (exact) mass is 542 g/mol. The second-order valence-corrected chi connectivity index (χ2v) is 11.9. The largest absolute Gasteiger partial charge is 0.496 e. The van der Waals surface area contributed by atoms with Crippen molar-refractivity contribution >= 4 is 33.2 Å². The number of carbonyl (C=O) groups is 1. The van der Waals surface area contributed by atoms with Crippen molar-refractivity contribution in [1.29, 1.82) is 0 Å². The van der Waals surface area contributed by atoms with Crippen molar-refractivity contribution < 1.29 is 17.9 Å². The van der Waals surface area contributed by atoms with Crippen molar-refractivity contribution in [3.8, 4) is 5.75 Å². The Balaban J connectivity index is 1.96. The first-order chi connectivity index (χ1) is 17.4. The van der Waals surface area contributed by atoms with Crippen molar-refractivity contribution in [3.63, 3.8) is 0 Å². The van der Waals surface area contributed by atoms with Crippen molar-refractivity contribution in [2.45, 2.75) is 58.4 Å². The third kappa shape index (κ3) is 6.28. The molecule has 3 aromatic rings. The molecule has 3 rings (SSSR count). The summed E-state index contributed by atoms with van der Waals surface area (Å²) in [5.74, 6) is 0.614. The van der Waals surface area contributed by atoms with Gasteiger partial charge in [-0.2, -0.15) is 0 Å². The van der Waals surface area contributed by atoms with E-state index in [1.54, 1.807) is 56.5 Å². The Morgan fingerprint density at radius 3 is 2.24 bits per heavy atom. The van der Waals surface area contributed by atoms with Gasteiger partial charge >= 0.3 is 0 Å². The molecule has 0 aliphatic heterocycles. The van der Waals surface area contributed by atoms with Gasteiger partial charge in [-0.25, -0.2) is 8.42 Å². The first-order valence-corrected chi connectivity index (χ1v) is 14.0. The molecule has 0 unspecified atom stereocenters. The van der Waals surface area contributed by atoms with Crippen molar-refractivity contribution in [3.05, 3.63) is 87.4 Å². The minimum absolute atomic E-state index is 0.103. The van der Waals surface area contributed by atoms with Gasteiger partial charge in [-0.1, -0.05) is 49.2 Å². The maximum atomic E-state index is 13.7. The van der Waals surface area contributed by atoms with Gasteiger partial charge in [0.1, 0.15) is 12.3 Å². The standard InChI is InChI=1S/C29H35ClN2O4S/c1-18(2)24-16-25(20(4)15-28(24)36-7)22(6)31-29(33)17-32(27-10-8-9-26(30)21(27)5)37(34,35)23-13-11-19(3)12-14-23/h8-16,18,22H,17H2,1-7H3,(H,31,33)/t22-/m1/s1. The summed E-state index contributed by atoms with van der Waals surface area (Å²) >= 11 is 6.33. The molecular weight excluding hydrogens is 508 g/mol. The van der Waals surface area contributed by atoms with Gasteiger partial charge in [0.2, 0.25) is 5.91 Å². The molecule has 1 atom stereocenters. The average Bonchev–Trinajstić information content (AvgIpc) is 2.84. The van der Waals surface area contributed by atoms with Crippen molar-refractivity contribution in [1.82, 2.24) is 5.32 Å². The van der Waals surface area contributed by atoms with E-state index in [2.05, 4.69) is 19.2 Å². The van der Waals surface area contributed by atoms with E-state index in [-0.39, 0.29) is 16.9 Å². The Labute approximate surface area is 225 Å². The SMILES string of the molecule is COc1cc(C)c([C@@H](C)NC(=O)CN(c2cccc(Cl)c2C)S(=O)(=O)c2ccc(C)cc2)cc1C(C)C. The summed E-state index contributed by atoms with van der Waals surface area (Å²) in [6, 6.07) is 15.3. The van der Waals surface area contributed by atoms with Crippen molar-refractivity contribution in [2.75, 3.05) is 18.0 Å². The summed E-state index contributed by atoms with van der Waals surface area (Å²) in [7, 11) is -2.40. The van der Waals surface area contributed by atoms with Crippen LogP contribution in [-0.4, -0.2) is 28.0 Å². The molecule has 0 radical (unpaired) electrons. The van der Waals surface area contributed by atoms with Gasteiger partial charge < -0.3 is 10.1 Å². The highest BCUT2D eigenvalue weighted by atomic mass is 35.5. The molecule has 3 aromatic carbocycles. The Hall–Kier alpha value is -3.03. The van der Waals surface area contributed by atoms with E-state index in [9.17, 15) is 13.2 Å². The lowest BCUT2D eigenvalue weighted by Gasteiger charge is -2.27. The van der Waals surface area contributed by atoms with Gasteiger partial charge in [0.15, 0.2) is 0 Å². The summed E-state index contributed by atoms with van der Waals surface area (Å²) in [5.41, 5.74) is 4.84. The third-order valence-electron chi connectivity index (χ3n) is 6.49. The normalized spacial score (nSPS) is 12.4. The lowest BCUT2D eigenvalue weighted by Crippen LogP contribution is -2.42. The van der Waals surface area contributed by atoms with Crippen molar-refractivity contribution in [2.24, 2.45) is 0 Å². The number of hydrogen-bond acceptors (Lipinski definition) is 4. The van der Waals surface area contributed by atoms with E-state index in [4.69, 9.17) is 16.3 Å². The van der Waals surface area contributed by atoms with E-state index in [0.29, 0.717) is 16.3 Å². The fourth-order valence-electron chi connectivity index (χ4n) is 4.31. The highest BCUT2D eigenvalue weighted by Gasteiger charge is 2.29. The Morgan fingerprint density at radius 1 is 1.00 bits per heavy atom. The second-order valence-electron chi connectivity index (χ2n) is 9.60. The predicted octanol–water partition coefficient (Wildman–Crippen LogP) is 6.47. The molecule has 0 fully saturated rings. The van der Waals surface area contributed by atoms with Gasteiger partial charge in [0.05, 0.1) is 23.7 Å². The number of amides is 1. The van der Waals surface area contributed by atoms with Crippen LogP contribution in [0.4, 0.5) is 5.69 Å². The summed E-state index contributed by atoms with van der Waals surface area (Å²) in [6.45, 7) is 11.3. The number of carbonyl (C=O) groups excluding carboxylic acids is 1. The van der Waals surface area contributed by atoms with Gasteiger partial charge in [0.25, 0.3) is 10.0 Å². The fraction of sp³-hybridized carbons (Fsp3) is 0.345. The molecule has 0 bridgehead atoms. The average molecular weight is 543 g/mol. The van der Waals surface area contributed by atoms with E-state index >= 15 is 0 Å². The van der Waals surface area contributed by atoms with Gasteiger partial charge in [-0.15, -0.1) is 0 Å². The Kier molecular flexibility index (Phi) is 8.92. The van der Waals surface area contributed by atoms with E-state index in [1.165, 1.54) is 0 Å². The van der Waals surface area contributed by atoms with E-state index in [0.717, 1.165) is 32.3 Å². The van der Waals surface area contributed by atoms with Crippen LogP contribution in [0.25, 0.3) is 0 Å². The molecule has 37 heavy (non-hydrogen) atoms. The van der Waals surface area contributed by atoms with Crippen LogP contribution in [0.1, 0.15) is 60.5 Å². The minimum atomic E-state index is -4.04. The van der Waals surface area contributed by atoms with Crippen LogP contribution in [0.2, 0.25) is 5.02 Å². The summed E-state index contributed by atoms with van der Waals surface area (Å²) < 4.78 is 34.1. The molecule has 0 saturated heterocycles. The molecule has 0 spiro atoms. The molecule has 0 aliphatic carbocycles. The molecule has 8 heteroatoms. The molecule has 198 valence electrons. The third-order valence-corrected chi connectivity index (χ3v) is 8.67. The van der Waals surface area contributed by atoms with Crippen LogP contribution in [-0.2, 0) is 14.8 Å². The molecule has 0 heterocycles. The zero-order valence-corrected chi connectivity index (χ0v) is 24.0. The number of benzene rings is 3. The molecular formula is C29H35ClN2O4S. The first-order valence-electron chi connectivity index (χ1n) is 12.2. The molecule has 0 aliphatic rings. The number of nitrogens with zero attached hydrogens (tertiary/aromatic N) is 1. The maximum absolute atomic E-state index is 13.7.